The molecule has 1 fully saturated rings. The lowest BCUT2D eigenvalue weighted by molar-refractivity contribution is -0.0379. The van der Waals surface area contributed by atoms with Crippen LogP contribution in [0.15, 0.2) is 5.38 Å². The monoisotopic (exact) mass is 269 g/mol. The van der Waals surface area contributed by atoms with Gasteiger partial charge in [-0.3, -0.25) is 0 Å². The average molecular weight is 269 g/mol. The molecule has 0 aromatic carbocycles. The summed E-state index contributed by atoms with van der Waals surface area (Å²) in [4.78, 5) is 4.72. The van der Waals surface area contributed by atoms with E-state index in [0.717, 1.165) is 36.6 Å². The highest BCUT2D eigenvalue weighted by Gasteiger charge is 2.34. The third kappa shape index (κ3) is 3.11. The minimum Gasteiger partial charge on any atom is -0.396 e. The molecule has 102 valence electrons. The first-order chi connectivity index (χ1) is 8.45. The first-order valence-corrected chi connectivity index (χ1v) is 7.47. The minimum absolute atomic E-state index is 0.101. The molecule has 0 spiro atoms. The summed E-state index contributed by atoms with van der Waals surface area (Å²) < 4.78 is 5.54. The van der Waals surface area contributed by atoms with Crippen LogP contribution in [-0.4, -0.2) is 29.9 Å². The molecule has 1 aliphatic rings. The Morgan fingerprint density at radius 2 is 2.28 bits per heavy atom. The summed E-state index contributed by atoms with van der Waals surface area (Å²) in [6.07, 6.45) is 2.91. The molecule has 1 saturated heterocycles. The van der Waals surface area contributed by atoms with Gasteiger partial charge < -0.3 is 9.84 Å². The standard InChI is InChI=1S/C14H23NO2S/c1-13(2,3)11-8-18-12(15-11)7-14(9-16)5-4-6-17-10-14/h8,16H,4-7,9-10H2,1-3H3. The molecular formula is C14H23NO2S. The Kier molecular flexibility index (Phi) is 4.09. The number of ether oxygens (including phenoxy) is 1. The Morgan fingerprint density at radius 3 is 2.78 bits per heavy atom. The van der Waals surface area contributed by atoms with Gasteiger partial charge in [0.25, 0.3) is 0 Å². The van der Waals surface area contributed by atoms with Crippen LogP contribution in [0.25, 0.3) is 0 Å². The fourth-order valence-corrected chi connectivity index (χ4v) is 3.48. The summed E-state index contributed by atoms with van der Waals surface area (Å²) in [6.45, 7) is 8.21. The van der Waals surface area contributed by atoms with E-state index in [-0.39, 0.29) is 17.4 Å². The molecule has 3 nitrogen and oxygen atoms in total. The summed E-state index contributed by atoms with van der Waals surface area (Å²) in [5.41, 5.74) is 1.14. The Morgan fingerprint density at radius 1 is 1.50 bits per heavy atom. The summed E-state index contributed by atoms with van der Waals surface area (Å²) in [7, 11) is 0. The fraction of sp³-hybridized carbons (Fsp3) is 0.786. The minimum atomic E-state index is -0.106. The van der Waals surface area contributed by atoms with Gasteiger partial charge in [-0.1, -0.05) is 20.8 Å². The number of aliphatic hydroxyl groups excluding tert-OH is 1. The molecule has 0 aliphatic carbocycles. The van der Waals surface area contributed by atoms with Crippen molar-refractivity contribution in [1.82, 2.24) is 4.98 Å². The molecule has 0 amide bonds. The van der Waals surface area contributed by atoms with E-state index in [1.54, 1.807) is 11.3 Å². The topological polar surface area (TPSA) is 42.4 Å². The zero-order chi connectivity index (χ0) is 13.2. The Labute approximate surface area is 113 Å². The van der Waals surface area contributed by atoms with E-state index in [9.17, 15) is 5.11 Å². The molecule has 0 saturated carbocycles. The second kappa shape index (κ2) is 5.27. The van der Waals surface area contributed by atoms with Crippen LogP contribution < -0.4 is 0 Å². The molecular weight excluding hydrogens is 246 g/mol. The van der Waals surface area contributed by atoms with Crippen molar-refractivity contribution < 1.29 is 9.84 Å². The van der Waals surface area contributed by atoms with Gasteiger partial charge in [-0.2, -0.15) is 0 Å². The molecule has 1 aromatic rings. The maximum atomic E-state index is 9.67. The van der Waals surface area contributed by atoms with E-state index in [1.165, 1.54) is 0 Å². The third-order valence-electron chi connectivity index (χ3n) is 3.59. The lowest BCUT2D eigenvalue weighted by Crippen LogP contribution is -2.37. The zero-order valence-corrected chi connectivity index (χ0v) is 12.3. The van der Waals surface area contributed by atoms with Gasteiger partial charge in [-0.05, 0) is 12.8 Å². The van der Waals surface area contributed by atoms with Gasteiger partial charge in [0.15, 0.2) is 0 Å². The molecule has 0 bridgehead atoms. The van der Waals surface area contributed by atoms with Crippen LogP contribution in [0, 0.1) is 5.41 Å². The third-order valence-corrected chi connectivity index (χ3v) is 4.43. The number of aromatic nitrogens is 1. The van der Waals surface area contributed by atoms with Crippen LogP contribution in [0.5, 0.6) is 0 Å². The maximum Gasteiger partial charge on any atom is 0.0935 e. The Hall–Kier alpha value is -0.450. The number of aliphatic hydroxyl groups is 1. The van der Waals surface area contributed by atoms with Gasteiger partial charge in [0.1, 0.15) is 0 Å². The summed E-state index contributed by atoms with van der Waals surface area (Å²) in [6, 6.07) is 0. The lowest BCUT2D eigenvalue weighted by Gasteiger charge is -2.34. The van der Waals surface area contributed by atoms with E-state index in [2.05, 4.69) is 26.2 Å². The molecule has 1 aliphatic heterocycles. The van der Waals surface area contributed by atoms with Crippen LogP contribution in [-0.2, 0) is 16.6 Å². The van der Waals surface area contributed by atoms with Crippen molar-refractivity contribution in [1.29, 1.82) is 0 Å². The first kappa shape index (κ1) is 14.0. The van der Waals surface area contributed by atoms with E-state index in [0.29, 0.717) is 6.61 Å². The highest BCUT2D eigenvalue weighted by molar-refractivity contribution is 7.09. The average Bonchev–Trinajstić information content (AvgIpc) is 2.78. The van der Waals surface area contributed by atoms with Gasteiger partial charge >= 0.3 is 0 Å². The summed E-state index contributed by atoms with van der Waals surface area (Å²) >= 11 is 1.71. The van der Waals surface area contributed by atoms with Crippen molar-refractivity contribution >= 4 is 11.3 Å². The van der Waals surface area contributed by atoms with Crippen molar-refractivity contribution in [2.45, 2.75) is 45.4 Å². The predicted octanol–water partition coefficient (Wildman–Crippen LogP) is 2.77. The van der Waals surface area contributed by atoms with E-state index in [4.69, 9.17) is 9.72 Å². The number of hydrogen-bond donors (Lipinski definition) is 1. The molecule has 2 heterocycles. The van der Waals surface area contributed by atoms with Crippen molar-refractivity contribution in [3.05, 3.63) is 16.1 Å². The molecule has 1 aromatic heterocycles. The normalized spacial score (nSPS) is 25.3. The van der Waals surface area contributed by atoms with Crippen molar-refractivity contribution in [2.75, 3.05) is 19.8 Å². The second-order valence-corrected chi connectivity index (χ2v) is 7.31. The Bertz CT molecular complexity index is 389. The highest BCUT2D eigenvalue weighted by atomic mass is 32.1. The van der Waals surface area contributed by atoms with Crippen molar-refractivity contribution in [3.63, 3.8) is 0 Å². The first-order valence-electron chi connectivity index (χ1n) is 6.59. The molecule has 1 unspecified atom stereocenters. The molecule has 18 heavy (non-hydrogen) atoms. The number of thiazole rings is 1. The predicted molar refractivity (Wildman–Crippen MR) is 74.1 cm³/mol. The van der Waals surface area contributed by atoms with Gasteiger partial charge in [-0.15, -0.1) is 11.3 Å². The van der Waals surface area contributed by atoms with E-state index >= 15 is 0 Å². The van der Waals surface area contributed by atoms with Crippen LogP contribution in [0.1, 0.15) is 44.3 Å². The summed E-state index contributed by atoms with van der Waals surface area (Å²) in [5.74, 6) is 0. The van der Waals surface area contributed by atoms with E-state index < -0.39 is 0 Å². The number of hydrogen-bond acceptors (Lipinski definition) is 4. The molecule has 1 N–H and O–H groups in total. The van der Waals surface area contributed by atoms with Gasteiger partial charge in [-0.25, -0.2) is 4.98 Å². The molecule has 1 atom stereocenters. The lowest BCUT2D eigenvalue weighted by atomic mass is 9.80. The van der Waals surface area contributed by atoms with E-state index in [1.807, 2.05) is 0 Å². The SMILES string of the molecule is CC(C)(C)c1csc(CC2(CO)CCCOC2)n1. The summed E-state index contributed by atoms with van der Waals surface area (Å²) in [5, 5.41) is 12.9. The van der Waals surface area contributed by atoms with Gasteiger partial charge in [0, 0.05) is 29.2 Å². The highest BCUT2D eigenvalue weighted by Crippen LogP contribution is 2.34. The van der Waals surface area contributed by atoms with Crippen LogP contribution >= 0.6 is 11.3 Å². The quantitative estimate of drug-likeness (QED) is 0.917. The van der Waals surface area contributed by atoms with Gasteiger partial charge in [0.2, 0.25) is 0 Å². The number of rotatable bonds is 3. The van der Waals surface area contributed by atoms with Crippen molar-refractivity contribution in [3.8, 4) is 0 Å². The molecule has 0 radical (unpaired) electrons. The van der Waals surface area contributed by atoms with Crippen molar-refractivity contribution in [2.24, 2.45) is 5.41 Å². The van der Waals surface area contributed by atoms with Crippen LogP contribution in [0.3, 0.4) is 0 Å². The molecule has 2 rings (SSSR count). The second-order valence-electron chi connectivity index (χ2n) is 6.37. The maximum absolute atomic E-state index is 9.67. The zero-order valence-electron chi connectivity index (χ0n) is 11.5. The van der Waals surface area contributed by atoms with Crippen LogP contribution in [0.2, 0.25) is 0 Å². The van der Waals surface area contributed by atoms with Gasteiger partial charge in [0.05, 0.1) is 23.9 Å². The van der Waals surface area contributed by atoms with Crippen LogP contribution in [0.4, 0.5) is 0 Å². The fourth-order valence-electron chi connectivity index (χ4n) is 2.29. The number of nitrogens with zero attached hydrogens (tertiary/aromatic N) is 1. The largest absolute Gasteiger partial charge is 0.396 e. The molecule has 4 heteroatoms. The Balaban J connectivity index is 2.10. The smallest absolute Gasteiger partial charge is 0.0935 e.